The van der Waals surface area contributed by atoms with Crippen LogP contribution < -0.4 is 10.2 Å². The third-order valence-corrected chi connectivity index (χ3v) is 7.85. The number of piperidine rings is 1. The van der Waals surface area contributed by atoms with Gasteiger partial charge in [-0.2, -0.15) is 10.1 Å². The van der Waals surface area contributed by atoms with Crippen LogP contribution in [-0.2, 0) is 6.54 Å². The van der Waals surface area contributed by atoms with E-state index in [1.54, 1.807) is 10.9 Å². The first-order valence-corrected chi connectivity index (χ1v) is 12.4. The molecule has 1 saturated carbocycles. The molecule has 1 N–H and O–H groups in total. The molecule has 2 fully saturated rings. The number of halogens is 4. The molecule has 4 atom stereocenters. The minimum atomic E-state index is -1.44. The zero-order chi connectivity index (χ0) is 24.1. The van der Waals surface area contributed by atoms with Crippen LogP contribution in [0.3, 0.4) is 0 Å². The number of fused-ring (bicyclic) bond motifs is 3. The van der Waals surface area contributed by atoms with Crippen LogP contribution in [0.4, 0.5) is 24.8 Å². The lowest BCUT2D eigenvalue weighted by molar-refractivity contribution is 0.376. The molecule has 1 aromatic carbocycles. The van der Waals surface area contributed by atoms with Gasteiger partial charge in [-0.25, -0.2) is 17.9 Å². The molecule has 0 radical (unpaired) electrons. The lowest BCUT2D eigenvalue weighted by Crippen LogP contribution is -2.48. The van der Waals surface area contributed by atoms with Gasteiger partial charge in [0.2, 0.25) is 5.95 Å². The van der Waals surface area contributed by atoms with E-state index in [0.29, 0.717) is 41.7 Å². The van der Waals surface area contributed by atoms with Gasteiger partial charge in [-0.1, -0.05) is 24.1 Å². The maximum absolute atomic E-state index is 14.7. The summed E-state index contributed by atoms with van der Waals surface area (Å²) in [4.78, 5) is 7.05. The minimum absolute atomic E-state index is 0.129. The average molecular weight is 504 g/mol. The van der Waals surface area contributed by atoms with Crippen molar-refractivity contribution >= 4 is 23.2 Å². The SMILES string of the molecule is Fc1ccc([C@@H]2CCCCn3nc(NC4C5CC[C@H]4CN(c4cnnc(Cl)c4)C5)nc32)c(F)c1F. The number of aryl methyl sites for hydroxylation is 1. The fourth-order valence-corrected chi connectivity index (χ4v) is 6.16. The number of nitrogens with zero attached hydrogens (tertiary/aromatic N) is 6. The molecule has 1 aliphatic carbocycles. The number of anilines is 2. The lowest BCUT2D eigenvalue weighted by Gasteiger charge is -2.39. The number of hydrogen-bond donors (Lipinski definition) is 1. The Morgan fingerprint density at radius 3 is 2.57 bits per heavy atom. The van der Waals surface area contributed by atoms with Crippen molar-refractivity contribution in [3.63, 3.8) is 0 Å². The van der Waals surface area contributed by atoms with E-state index >= 15 is 0 Å². The summed E-state index contributed by atoms with van der Waals surface area (Å²) < 4.78 is 44.0. The molecular formula is C24H25ClF3N7. The molecule has 184 valence electrons. The molecule has 2 aromatic heterocycles. The van der Waals surface area contributed by atoms with E-state index in [4.69, 9.17) is 21.7 Å². The Labute approximate surface area is 205 Å². The van der Waals surface area contributed by atoms with Crippen molar-refractivity contribution in [2.45, 2.75) is 50.6 Å². The van der Waals surface area contributed by atoms with Gasteiger partial charge in [-0.3, -0.25) is 0 Å². The van der Waals surface area contributed by atoms with Crippen LogP contribution in [0.5, 0.6) is 0 Å². The maximum Gasteiger partial charge on any atom is 0.242 e. The van der Waals surface area contributed by atoms with Crippen LogP contribution in [0.2, 0.25) is 5.15 Å². The summed E-state index contributed by atoms with van der Waals surface area (Å²) >= 11 is 6.04. The van der Waals surface area contributed by atoms with Crippen LogP contribution in [0.1, 0.15) is 49.4 Å². The Balaban J connectivity index is 1.24. The molecule has 0 amide bonds. The Kier molecular flexibility index (Phi) is 5.78. The van der Waals surface area contributed by atoms with E-state index < -0.39 is 23.4 Å². The van der Waals surface area contributed by atoms with Crippen molar-refractivity contribution in [1.29, 1.82) is 0 Å². The largest absolute Gasteiger partial charge is 0.369 e. The third kappa shape index (κ3) is 4.11. The predicted octanol–water partition coefficient (Wildman–Crippen LogP) is 4.78. The Morgan fingerprint density at radius 2 is 1.80 bits per heavy atom. The molecule has 7 nitrogen and oxygen atoms in total. The molecular weight excluding hydrogens is 479 g/mol. The molecule has 2 bridgehead atoms. The smallest absolute Gasteiger partial charge is 0.242 e. The van der Waals surface area contributed by atoms with Gasteiger partial charge >= 0.3 is 0 Å². The molecule has 4 heterocycles. The lowest BCUT2D eigenvalue weighted by atomic mass is 9.92. The van der Waals surface area contributed by atoms with E-state index in [-0.39, 0.29) is 11.6 Å². The highest BCUT2D eigenvalue weighted by Crippen LogP contribution is 2.41. The van der Waals surface area contributed by atoms with Crippen molar-refractivity contribution in [3.8, 4) is 0 Å². The summed E-state index contributed by atoms with van der Waals surface area (Å²) in [6.45, 7) is 2.39. The minimum Gasteiger partial charge on any atom is -0.369 e. The van der Waals surface area contributed by atoms with Crippen molar-refractivity contribution in [3.05, 3.63) is 58.4 Å². The van der Waals surface area contributed by atoms with Crippen LogP contribution in [0, 0.1) is 29.3 Å². The molecule has 2 aliphatic heterocycles. The summed E-state index contributed by atoms with van der Waals surface area (Å²) in [5.41, 5.74) is 1.10. The zero-order valence-corrected chi connectivity index (χ0v) is 19.7. The Morgan fingerprint density at radius 1 is 1.00 bits per heavy atom. The summed E-state index contributed by atoms with van der Waals surface area (Å²) in [6, 6.07) is 4.37. The number of aromatic nitrogens is 5. The highest BCUT2D eigenvalue weighted by Gasteiger charge is 2.43. The van der Waals surface area contributed by atoms with Gasteiger partial charge in [-0.15, -0.1) is 10.2 Å². The van der Waals surface area contributed by atoms with Crippen LogP contribution in [-0.4, -0.2) is 44.1 Å². The number of nitrogens with one attached hydrogen (secondary N) is 1. The van der Waals surface area contributed by atoms with E-state index in [1.165, 1.54) is 6.07 Å². The Hall–Kier alpha value is -2.88. The second-order valence-electron chi connectivity index (χ2n) is 9.74. The van der Waals surface area contributed by atoms with E-state index in [1.807, 2.05) is 6.07 Å². The number of hydrogen-bond acceptors (Lipinski definition) is 6. The molecule has 6 rings (SSSR count). The summed E-state index contributed by atoms with van der Waals surface area (Å²) in [5, 5.41) is 16.4. The van der Waals surface area contributed by atoms with Gasteiger partial charge in [0.15, 0.2) is 22.6 Å². The van der Waals surface area contributed by atoms with Gasteiger partial charge in [0, 0.05) is 43.2 Å². The molecule has 11 heteroatoms. The summed E-state index contributed by atoms with van der Waals surface area (Å²) in [6.07, 6.45) is 6.23. The van der Waals surface area contributed by atoms with Crippen molar-refractivity contribution in [2.75, 3.05) is 23.3 Å². The molecule has 3 aromatic rings. The van der Waals surface area contributed by atoms with Crippen LogP contribution in [0.25, 0.3) is 0 Å². The maximum atomic E-state index is 14.7. The highest BCUT2D eigenvalue weighted by atomic mass is 35.5. The molecule has 35 heavy (non-hydrogen) atoms. The van der Waals surface area contributed by atoms with Crippen molar-refractivity contribution in [1.82, 2.24) is 25.0 Å². The van der Waals surface area contributed by atoms with Gasteiger partial charge in [0.05, 0.1) is 11.9 Å². The quantitative estimate of drug-likeness (QED) is 0.517. The van der Waals surface area contributed by atoms with Gasteiger partial charge in [0.1, 0.15) is 5.82 Å². The van der Waals surface area contributed by atoms with Crippen molar-refractivity contribution in [2.24, 2.45) is 11.8 Å². The predicted molar refractivity (Wildman–Crippen MR) is 125 cm³/mol. The first-order valence-electron chi connectivity index (χ1n) is 12.1. The van der Waals surface area contributed by atoms with Gasteiger partial charge in [0.25, 0.3) is 0 Å². The van der Waals surface area contributed by atoms with Crippen molar-refractivity contribution < 1.29 is 13.2 Å². The first-order chi connectivity index (χ1) is 17.0. The third-order valence-electron chi connectivity index (χ3n) is 7.67. The van der Waals surface area contributed by atoms with E-state index in [9.17, 15) is 13.2 Å². The number of rotatable bonds is 4. The normalized spacial score (nSPS) is 25.9. The van der Waals surface area contributed by atoms with Crippen LogP contribution in [0.15, 0.2) is 24.4 Å². The fourth-order valence-electron chi connectivity index (χ4n) is 6.00. The van der Waals surface area contributed by atoms with E-state index in [2.05, 4.69) is 20.4 Å². The van der Waals surface area contributed by atoms with Gasteiger partial charge < -0.3 is 10.2 Å². The van der Waals surface area contributed by atoms with Gasteiger partial charge in [-0.05, 0) is 43.6 Å². The molecule has 3 aliphatic rings. The zero-order valence-electron chi connectivity index (χ0n) is 19.0. The average Bonchev–Trinajstić information content (AvgIpc) is 3.25. The second-order valence-corrected chi connectivity index (χ2v) is 10.1. The molecule has 0 spiro atoms. The second kappa shape index (κ2) is 8.96. The van der Waals surface area contributed by atoms with E-state index in [0.717, 1.165) is 50.5 Å². The van der Waals surface area contributed by atoms with Crippen LogP contribution >= 0.6 is 11.6 Å². The highest BCUT2D eigenvalue weighted by molar-refractivity contribution is 6.29. The standard InChI is InChI=1S/C24H25ClF3N7/c25-19-9-15(10-29-32-19)34-11-13-4-5-14(12-34)22(13)30-24-31-23-17(3-1-2-8-35(23)33-24)16-6-7-18(26)21(28)20(16)27/h6-7,9-10,13-14,17,22H,1-5,8,11-12H2,(H,30,33)/t13-,14?,17-,22?/m0/s1. The monoisotopic (exact) mass is 503 g/mol. The number of benzene rings is 1. The first kappa shape index (κ1) is 22.6. The molecule has 1 saturated heterocycles. The topological polar surface area (TPSA) is 71.8 Å². The summed E-state index contributed by atoms with van der Waals surface area (Å²) in [5.74, 6) is -2.32. The summed E-state index contributed by atoms with van der Waals surface area (Å²) in [7, 11) is 0. The molecule has 2 unspecified atom stereocenters. The Bertz CT molecular complexity index is 1240. The fraction of sp³-hybridized carbons (Fsp3) is 0.500.